The minimum Gasteiger partial charge on any atom is -0.378 e. The summed E-state index contributed by atoms with van der Waals surface area (Å²) in [5.41, 5.74) is 2.62. The standard InChI is InChI=1S/C19H18N4O2/c1-23(2)15-9-4-8-14(12-15)21-18(24)19(25)22-16-10-3-6-13-7-5-11-20-17(13)16/h3-12H,1-2H3,(H,21,24)(H,22,25). The van der Waals surface area contributed by atoms with Gasteiger partial charge in [-0.05, 0) is 30.3 Å². The summed E-state index contributed by atoms with van der Waals surface area (Å²) < 4.78 is 0. The summed E-state index contributed by atoms with van der Waals surface area (Å²) in [6, 6.07) is 16.4. The zero-order valence-corrected chi connectivity index (χ0v) is 14.0. The Morgan fingerprint density at radius 3 is 2.44 bits per heavy atom. The molecule has 0 aliphatic heterocycles. The van der Waals surface area contributed by atoms with Gasteiger partial charge in [0.2, 0.25) is 0 Å². The first-order chi connectivity index (χ1) is 12.0. The van der Waals surface area contributed by atoms with Gasteiger partial charge in [0.05, 0.1) is 11.2 Å². The van der Waals surface area contributed by atoms with Crippen LogP contribution in [-0.2, 0) is 9.59 Å². The van der Waals surface area contributed by atoms with Crippen molar-refractivity contribution in [3.63, 3.8) is 0 Å². The van der Waals surface area contributed by atoms with Crippen LogP contribution in [-0.4, -0.2) is 30.9 Å². The van der Waals surface area contributed by atoms with Crippen molar-refractivity contribution >= 4 is 39.8 Å². The summed E-state index contributed by atoms with van der Waals surface area (Å²) >= 11 is 0. The number of aromatic nitrogens is 1. The summed E-state index contributed by atoms with van der Waals surface area (Å²) in [5.74, 6) is -1.47. The van der Waals surface area contributed by atoms with Gasteiger partial charge in [-0.3, -0.25) is 14.6 Å². The number of carbonyl (C=O) groups is 2. The molecular formula is C19H18N4O2. The van der Waals surface area contributed by atoms with E-state index >= 15 is 0 Å². The first-order valence-corrected chi connectivity index (χ1v) is 7.78. The molecule has 25 heavy (non-hydrogen) atoms. The van der Waals surface area contributed by atoms with E-state index in [1.165, 1.54) is 0 Å². The van der Waals surface area contributed by atoms with Gasteiger partial charge in [-0.2, -0.15) is 0 Å². The largest absolute Gasteiger partial charge is 0.378 e. The van der Waals surface area contributed by atoms with Gasteiger partial charge in [0, 0.05) is 37.1 Å². The Kier molecular flexibility index (Phi) is 4.61. The smallest absolute Gasteiger partial charge is 0.314 e. The van der Waals surface area contributed by atoms with Crippen molar-refractivity contribution in [2.24, 2.45) is 0 Å². The number of fused-ring (bicyclic) bond motifs is 1. The molecule has 3 aromatic rings. The lowest BCUT2D eigenvalue weighted by Gasteiger charge is -2.14. The summed E-state index contributed by atoms with van der Waals surface area (Å²) in [5, 5.41) is 6.11. The van der Waals surface area contributed by atoms with Gasteiger partial charge in [-0.25, -0.2) is 0 Å². The number of para-hydroxylation sites is 1. The second kappa shape index (κ2) is 7.00. The highest BCUT2D eigenvalue weighted by atomic mass is 16.2. The Labute approximate surface area is 145 Å². The number of nitrogens with zero attached hydrogens (tertiary/aromatic N) is 2. The SMILES string of the molecule is CN(C)c1cccc(NC(=O)C(=O)Nc2cccc3cccnc23)c1. The van der Waals surface area contributed by atoms with Gasteiger partial charge in [0.15, 0.2) is 0 Å². The van der Waals surface area contributed by atoms with Crippen LogP contribution in [0, 0.1) is 0 Å². The maximum absolute atomic E-state index is 12.2. The van der Waals surface area contributed by atoms with Crippen molar-refractivity contribution in [2.45, 2.75) is 0 Å². The van der Waals surface area contributed by atoms with Crippen molar-refractivity contribution in [2.75, 3.05) is 29.6 Å². The van der Waals surface area contributed by atoms with E-state index in [1.54, 1.807) is 30.5 Å². The number of rotatable bonds is 3. The fraction of sp³-hybridized carbons (Fsp3) is 0.105. The first-order valence-electron chi connectivity index (χ1n) is 7.78. The summed E-state index contributed by atoms with van der Waals surface area (Å²) in [6.45, 7) is 0. The van der Waals surface area contributed by atoms with Crippen LogP contribution < -0.4 is 15.5 Å². The average Bonchev–Trinajstić information content (AvgIpc) is 2.62. The van der Waals surface area contributed by atoms with E-state index in [0.29, 0.717) is 16.9 Å². The van der Waals surface area contributed by atoms with Crippen LogP contribution in [0.25, 0.3) is 10.9 Å². The third-order valence-corrected chi connectivity index (χ3v) is 3.71. The molecule has 126 valence electrons. The van der Waals surface area contributed by atoms with E-state index in [-0.39, 0.29) is 0 Å². The third-order valence-electron chi connectivity index (χ3n) is 3.71. The average molecular weight is 334 g/mol. The lowest BCUT2D eigenvalue weighted by Crippen LogP contribution is -2.29. The Hall–Kier alpha value is -3.41. The molecule has 0 atom stereocenters. The van der Waals surface area contributed by atoms with Crippen LogP contribution >= 0.6 is 0 Å². The Bertz CT molecular complexity index is 932. The Morgan fingerprint density at radius 2 is 1.64 bits per heavy atom. The molecular weight excluding hydrogens is 316 g/mol. The van der Waals surface area contributed by atoms with Crippen LogP contribution in [0.5, 0.6) is 0 Å². The summed E-state index contributed by atoms with van der Waals surface area (Å²) in [6.07, 6.45) is 1.64. The number of pyridine rings is 1. The highest BCUT2D eigenvalue weighted by Gasteiger charge is 2.15. The van der Waals surface area contributed by atoms with Crippen molar-refractivity contribution in [3.8, 4) is 0 Å². The number of amides is 2. The molecule has 6 nitrogen and oxygen atoms in total. The molecule has 0 saturated carbocycles. The number of nitrogens with one attached hydrogen (secondary N) is 2. The van der Waals surface area contributed by atoms with E-state index in [0.717, 1.165) is 11.1 Å². The minimum atomic E-state index is -0.742. The molecule has 2 amide bonds. The molecule has 1 aromatic heterocycles. The fourth-order valence-corrected chi connectivity index (χ4v) is 2.43. The lowest BCUT2D eigenvalue weighted by atomic mass is 10.2. The number of anilines is 3. The van der Waals surface area contributed by atoms with Gasteiger partial charge in [-0.1, -0.05) is 24.3 Å². The van der Waals surface area contributed by atoms with Crippen molar-refractivity contribution < 1.29 is 9.59 Å². The van der Waals surface area contributed by atoms with Crippen LogP contribution in [0.1, 0.15) is 0 Å². The second-order valence-corrected chi connectivity index (χ2v) is 5.73. The molecule has 6 heteroatoms. The molecule has 1 heterocycles. The maximum Gasteiger partial charge on any atom is 0.314 e. The molecule has 0 aliphatic rings. The van der Waals surface area contributed by atoms with Crippen LogP contribution in [0.3, 0.4) is 0 Å². The van der Waals surface area contributed by atoms with Gasteiger partial charge < -0.3 is 15.5 Å². The van der Waals surface area contributed by atoms with Gasteiger partial charge in [-0.15, -0.1) is 0 Å². The minimum absolute atomic E-state index is 0.500. The molecule has 0 radical (unpaired) electrons. The molecule has 0 saturated heterocycles. The molecule has 0 fully saturated rings. The third kappa shape index (κ3) is 3.74. The highest BCUT2D eigenvalue weighted by molar-refractivity contribution is 6.44. The molecule has 0 aliphatic carbocycles. The van der Waals surface area contributed by atoms with E-state index < -0.39 is 11.8 Å². The van der Waals surface area contributed by atoms with Gasteiger partial charge in [0.25, 0.3) is 0 Å². The van der Waals surface area contributed by atoms with Gasteiger partial charge in [0.1, 0.15) is 0 Å². The van der Waals surface area contributed by atoms with Crippen molar-refractivity contribution in [1.82, 2.24) is 4.98 Å². The van der Waals surface area contributed by atoms with E-state index in [2.05, 4.69) is 15.6 Å². The van der Waals surface area contributed by atoms with E-state index in [9.17, 15) is 9.59 Å². The summed E-state index contributed by atoms with van der Waals surface area (Å²) in [4.78, 5) is 30.6. The molecule has 3 rings (SSSR count). The quantitative estimate of drug-likeness (QED) is 0.722. The monoisotopic (exact) mass is 334 g/mol. The molecule has 0 spiro atoms. The predicted molar refractivity (Wildman–Crippen MR) is 99.8 cm³/mol. The van der Waals surface area contributed by atoms with E-state index in [1.807, 2.05) is 49.3 Å². The predicted octanol–water partition coefficient (Wildman–Crippen LogP) is 2.88. The lowest BCUT2D eigenvalue weighted by molar-refractivity contribution is -0.132. The highest BCUT2D eigenvalue weighted by Crippen LogP contribution is 2.21. The number of benzene rings is 2. The van der Waals surface area contributed by atoms with Crippen molar-refractivity contribution in [1.29, 1.82) is 0 Å². The molecule has 0 unspecified atom stereocenters. The number of carbonyl (C=O) groups excluding carboxylic acids is 2. The summed E-state index contributed by atoms with van der Waals surface area (Å²) in [7, 11) is 3.81. The fourth-order valence-electron chi connectivity index (χ4n) is 2.43. The normalized spacial score (nSPS) is 10.3. The molecule has 2 N–H and O–H groups in total. The molecule has 0 bridgehead atoms. The topological polar surface area (TPSA) is 74.3 Å². The number of hydrogen-bond donors (Lipinski definition) is 2. The zero-order valence-electron chi connectivity index (χ0n) is 14.0. The van der Waals surface area contributed by atoms with Crippen LogP contribution in [0.4, 0.5) is 17.1 Å². The van der Waals surface area contributed by atoms with Gasteiger partial charge >= 0.3 is 11.8 Å². The maximum atomic E-state index is 12.2. The number of hydrogen-bond acceptors (Lipinski definition) is 4. The first kappa shape index (κ1) is 16.4. The van der Waals surface area contributed by atoms with E-state index in [4.69, 9.17) is 0 Å². The van der Waals surface area contributed by atoms with Crippen molar-refractivity contribution in [3.05, 3.63) is 60.8 Å². The Balaban J connectivity index is 1.74. The Morgan fingerprint density at radius 1 is 0.920 bits per heavy atom. The van der Waals surface area contributed by atoms with Crippen LogP contribution in [0.15, 0.2) is 60.8 Å². The van der Waals surface area contributed by atoms with Crippen LogP contribution in [0.2, 0.25) is 0 Å². The molecule has 2 aromatic carbocycles. The second-order valence-electron chi connectivity index (χ2n) is 5.73. The zero-order chi connectivity index (χ0) is 17.8.